The van der Waals surface area contributed by atoms with E-state index in [4.69, 9.17) is 4.74 Å². The molecule has 1 fully saturated rings. The largest absolute Gasteiger partial charge is 0.468 e. The molecule has 0 aromatic rings. The fraction of sp³-hybridized carbons (Fsp3) is 0.929. The van der Waals surface area contributed by atoms with Crippen LogP contribution in [0, 0.1) is 11.8 Å². The Morgan fingerprint density at radius 3 is 2.29 bits per heavy atom. The number of hydrogen-bond donors (Lipinski definition) is 1. The second kappa shape index (κ2) is 7.07. The third kappa shape index (κ3) is 4.66. The zero-order valence-corrected chi connectivity index (χ0v) is 14.5. The first-order valence-corrected chi connectivity index (χ1v) is 8.96. The lowest BCUT2D eigenvalue weighted by atomic mass is 9.94. The van der Waals surface area contributed by atoms with Crippen LogP contribution in [0.2, 0.25) is 0 Å². The van der Waals surface area contributed by atoms with Gasteiger partial charge in [0, 0.05) is 13.1 Å². The maximum atomic E-state index is 12.6. The summed E-state index contributed by atoms with van der Waals surface area (Å²) >= 11 is 0. The van der Waals surface area contributed by atoms with Crippen molar-refractivity contribution in [1.82, 2.24) is 9.03 Å². The number of rotatable bonds is 6. The topological polar surface area (TPSA) is 75.7 Å². The summed E-state index contributed by atoms with van der Waals surface area (Å²) in [7, 11) is -2.43. The highest BCUT2D eigenvalue weighted by Gasteiger charge is 2.41. The number of carbonyl (C=O) groups is 1. The van der Waals surface area contributed by atoms with E-state index in [-0.39, 0.29) is 0 Å². The molecule has 0 bridgehead atoms. The van der Waals surface area contributed by atoms with Gasteiger partial charge in [-0.3, -0.25) is 4.79 Å². The number of carbonyl (C=O) groups excluding carboxylic acids is 1. The lowest BCUT2D eigenvalue weighted by Crippen LogP contribution is -2.58. The van der Waals surface area contributed by atoms with Gasteiger partial charge >= 0.3 is 5.97 Å². The summed E-state index contributed by atoms with van der Waals surface area (Å²) in [4.78, 5) is 11.9. The third-order valence-corrected chi connectivity index (χ3v) is 5.60. The predicted octanol–water partition coefficient (Wildman–Crippen LogP) is 1.53. The highest BCUT2D eigenvalue weighted by Crippen LogP contribution is 2.24. The maximum Gasteiger partial charge on any atom is 0.326 e. The standard InChI is InChI=1S/C14H28N2O4S/c1-6-7-14(4,13(17)20-5)15-21(18,19)16-9-11(2)8-12(3)10-16/h11-12,15H,6-10H2,1-5H3. The minimum absolute atomic E-state index is 0.320. The van der Waals surface area contributed by atoms with Crippen LogP contribution in [0.4, 0.5) is 0 Å². The van der Waals surface area contributed by atoms with Crippen LogP contribution in [-0.2, 0) is 19.7 Å². The van der Waals surface area contributed by atoms with Crippen molar-refractivity contribution in [3.8, 4) is 0 Å². The van der Waals surface area contributed by atoms with Gasteiger partial charge in [-0.2, -0.15) is 17.4 Å². The van der Waals surface area contributed by atoms with E-state index in [1.807, 2.05) is 20.8 Å². The fourth-order valence-corrected chi connectivity index (χ4v) is 4.86. The molecule has 0 aliphatic carbocycles. The van der Waals surface area contributed by atoms with Crippen LogP contribution in [0.3, 0.4) is 0 Å². The molecular weight excluding hydrogens is 292 g/mol. The zero-order chi connectivity index (χ0) is 16.3. The number of ether oxygens (including phenoxy) is 1. The molecule has 1 saturated heterocycles. The second-order valence-corrected chi connectivity index (χ2v) is 8.11. The first kappa shape index (κ1) is 18.4. The molecule has 6 nitrogen and oxygen atoms in total. The number of piperidine rings is 1. The average Bonchev–Trinajstić information content (AvgIpc) is 2.36. The Balaban J connectivity index is 2.93. The van der Waals surface area contributed by atoms with Gasteiger partial charge in [-0.1, -0.05) is 27.2 Å². The SMILES string of the molecule is CCCC(C)(NS(=O)(=O)N1CC(C)CC(C)C1)C(=O)OC. The van der Waals surface area contributed by atoms with E-state index in [9.17, 15) is 13.2 Å². The van der Waals surface area contributed by atoms with Crippen molar-refractivity contribution in [2.24, 2.45) is 11.8 Å². The molecule has 124 valence electrons. The van der Waals surface area contributed by atoms with Crippen LogP contribution >= 0.6 is 0 Å². The molecule has 0 amide bonds. The van der Waals surface area contributed by atoms with E-state index in [0.29, 0.717) is 37.8 Å². The number of nitrogens with zero attached hydrogens (tertiary/aromatic N) is 1. The monoisotopic (exact) mass is 320 g/mol. The van der Waals surface area contributed by atoms with Gasteiger partial charge in [0.05, 0.1) is 7.11 Å². The number of methoxy groups -OCH3 is 1. The highest BCUT2D eigenvalue weighted by molar-refractivity contribution is 7.87. The van der Waals surface area contributed by atoms with E-state index in [2.05, 4.69) is 4.72 Å². The van der Waals surface area contributed by atoms with Crippen molar-refractivity contribution >= 4 is 16.2 Å². The lowest BCUT2D eigenvalue weighted by Gasteiger charge is -2.36. The molecule has 0 aromatic carbocycles. The summed E-state index contributed by atoms with van der Waals surface area (Å²) in [5, 5.41) is 0. The van der Waals surface area contributed by atoms with Gasteiger partial charge in [0.15, 0.2) is 0 Å². The number of esters is 1. The maximum absolute atomic E-state index is 12.6. The predicted molar refractivity (Wildman–Crippen MR) is 81.9 cm³/mol. The molecule has 1 N–H and O–H groups in total. The minimum Gasteiger partial charge on any atom is -0.468 e. The van der Waals surface area contributed by atoms with E-state index in [0.717, 1.165) is 6.42 Å². The Hall–Kier alpha value is -0.660. The molecule has 1 aliphatic rings. The molecule has 1 heterocycles. The Morgan fingerprint density at radius 2 is 1.86 bits per heavy atom. The minimum atomic E-state index is -3.70. The van der Waals surface area contributed by atoms with Crippen molar-refractivity contribution in [3.05, 3.63) is 0 Å². The van der Waals surface area contributed by atoms with Gasteiger partial charge in [-0.15, -0.1) is 0 Å². The molecule has 0 saturated carbocycles. The molecule has 1 aliphatic heterocycles. The van der Waals surface area contributed by atoms with Crippen molar-refractivity contribution in [2.75, 3.05) is 20.2 Å². The van der Waals surface area contributed by atoms with Gasteiger partial charge in [0.25, 0.3) is 10.2 Å². The van der Waals surface area contributed by atoms with E-state index >= 15 is 0 Å². The first-order chi connectivity index (χ1) is 9.64. The van der Waals surface area contributed by atoms with Crippen molar-refractivity contribution in [1.29, 1.82) is 0 Å². The summed E-state index contributed by atoms with van der Waals surface area (Å²) < 4.78 is 34.0. The van der Waals surface area contributed by atoms with Gasteiger partial charge in [0.2, 0.25) is 0 Å². The molecule has 0 aromatic heterocycles. The average molecular weight is 320 g/mol. The van der Waals surface area contributed by atoms with Crippen LogP contribution in [0.1, 0.15) is 47.0 Å². The molecule has 0 spiro atoms. The van der Waals surface area contributed by atoms with Crippen molar-refractivity contribution in [2.45, 2.75) is 52.5 Å². The molecule has 21 heavy (non-hydrogen) atoms. The van der Waals surface area contributed by atoms with Crippen LogP contribution < -0.4 is 4.72 Å². The summed E-state index contributed by atoms with van der Waals surface area (Å²) in [6, 6.07) is 0. The van der Waals surface area contributed by atoms with E-state index in [1.54, 1.807) is 6.92 Å². The van der Waals surface area contributed by atoms with Gasteiger partial charge in [-0.25, -0.2) is 0 Å². The van der Waals surface area contributed by atoms with Crippen LogP contribution in [0.15, 0.2) is 0 Å². The smallest absolute Gasteiger partial charge is 0.326 e. The van der Waals surface area contributed by atoms with Crippen LogP contribution in [-0.4, -0.2) is 44.4 Å². The summed E-state index contributed by atoms with van der Waals surface area (Å²) in [6.45, 7) is 8.55. The Labute approximate surface area is 128 Å². The molecule has 1 rings (SSSR count). The molecule has 3 atom stereocenters. The molecule has 0 radical (unpaired) electrons. The Morgan fingerprint density at radius 1 is 1.33 bits per heavy atom. The van der Waals surface area contributed by atoms with E-state index in [1.165, 1.54) is 11.4 Å². The molecule has 7 heteroatoms. The highest BCUT2D eigenvalue weighted by atomic mass is 32.2. The van der Waals surface area contributed by atoms with Gasteiger partial charge in [0.1, 0.15) is 5.54 Å². The summed E-state index contributed by atoms with van der Waals surface area (Å²) in [5.41, 5.74) is -1.22. The third-order valence-electron chi connectivity index (χ3n) is 3.92. The normalized spacial score (nSPS) is 27.1. The Bertz CT molecular complexity index is 456. The molecular formula is C14H28N2O4S. The number of nitrogens with one attached hydrogen (secondary N) is 1. The Kier molecular flexibility index (Phi) is 6.19. The van der Waals surface area contributed by atoms with Crippen LogP contribution in [0.25, 0.3) is 0 Å². The van der Waals surface area contributed by atoms with Crippen molar-refractivity contribution < 1.29 is 17.9 Å². The van der Waals surface area contributed by atoms with Crippen molar-refractivity contribution in [3.63, 3.8) is 0 Å². The first-order valence-electron chi connectivity index (χ1n) is 7.52. The van der Waals surface area contributed by atoms with E-state index < -0.39 is 21.7 Å². The molecule has 3 unspecified atom stereocenters. The summed E-state index contributed by atoms with van der Waals surface area (Å²) in [6.07, 6.45) is 2.11. The number of hydrogen-bond acceptors (Lipinski definition) is 4. The fourth-order valence-electron chi connectivity index (χ4n) is 3.07. The quantitative estimate of drug-likeness (QED) is 0.753. The lowest BCUT2D eigenvalue weighted by molar-refractivity contribution is -0.147. The zero-order valence-electron chi connectivity index (χ0n) is 13.7. The second-order valence-electron chi connectivity index (χ2n) is 6.44. The van der Waals surface area contributed by atoms with Crippen LogP contribution in [0.5, 0.6) is 0 Å². The van der Waals surface area contributed by atoms with Gasteiger partial charge in [-0.05, 0) is 31.6 Å². The summed E-state index contributed by atoms with van der Waals surface area (Å²) in [5.74, 6) is 0.0906. The van der Waals surface area contributed by atoms with Gasteiger partial charge < -0.3 is 4.74 Å².